The molecular formula is C21H23N7O3. The van der Waals surface area contributed by atoms with Gasteiger partial charge in [-0.25, -0.2) is 9.97 Å². The Morgan fingerprint density at radius 3 is 2.90 bits per heavy atom. The number of amides is 1. The number of aryl methyl sites for hydroxylation is 1. The number of benzene rings is 1. The molecule has 2 aromatic heterocycles. The monoisotopic (exact) mass is 421 g/mol. The van der Waals surface area contributed by atoms with Crippen LogP contribution in [-0.4, -0.2) is 58.3 Å². The molecule has 1 spiro atoms. The number of aromatic nitrogens is 4. The largest absolute Gasteiger partial charge is 0.494 e. The Morgan fingerprint density at radius 2 is 2.19 bits per heavy atom. The van der Waals surface area contributed by atoms with Crippen LogP contribution in [0, 0.1) is 6.92 Å². The summed E-state index contributed by atoms with van der Waals surface area (Å²) in [6, 6.07) is 5.75. The van der Waals surface area contributed by atoms with E-state index in [0.717, 1.165) is 17.1 Å². The zero-order valence-corrected chi connectivity index (χ0v) is 17.5. The standard InChI is InChI=1S/C21H23N7O3/c1-13-10-28(12-23-13)16-5-4-14(8-17(16)30-3)24-20-22-9-15-18(26-20)27(2)21(19(29)25-15)6-7-31-11-21/h4-5,8-10,12H,6-7,11H2,1-3H3,(H,25,29)(H,22,24,26)/t21-/m1/s1. The van der Waals surface area contributed by atoms with Crippen molar-refractivity contribution in [2.24, 2.45) is 0 Å². The van der Waals surface area contributed by atoms with E-state index >= 15 is 0 Å². The minimum absolute atomic E-state index is 0.0839. The molecule has 10 heteroatoms. The van der Waals surface area contributed by atoms with E-state index in [1.54, 1.807) is 19.6 Å². The number of hydrogen-bond acceptors (Lipinski definition) is 8. The summed E-state index contributed by atoms with van der Waals surface area (Å²) in [4.78, 5) is 27.8. The zero-order chi connectivity index (χ0) is 21.6. The number of carbonyl (C=O) groups is 1. The summed E-state index contributed by atoms with van der Waals surface area (Å²) >= 11 is 0. The molecule has 3 aromatic rings. The molecule has 2 aliphatic rings. The Balaban J connectivity index is 1.44. The van der Waals surface area contributed by atoms with Crippen LogP contribution < -0.4 is 20.3 Å². The predicted molar refractivity (Wildman–Crippen MR) is 115 cm³/mol. The lowest BCUT2D eigenvalue weighted by atomic mass is 9.93. The van der Waals surface area contributed by atoms with E-state index in [0.29, 0.717) is 42.8 Å². The number of hydrogen-bond donors (Lipinski definition) is 2. The average molecular weight is 421 g/mol. The second-order valence-corrected chi connectivity index (χ2v) is 7.71. The Hall–Kier alpha value is -3.66. The number of ether oxygens (including phenoxy) is 2. The van der Waals surface area contributed by atoms with Gasteiger partial charge in [-0.2, -0.15) is 4.98 Å². The molecule has 10 nitrogen and oxygen atoms in total. The van der Waals surface area contributed by atoms with Crippen LogP contribution in [0.3, 0.4) is 0 Å². The minimum atomic E-state index is -0.730. The van der Waals surface area contributed by atoms with Gasteiger partial charge in [0.1, 0.15) is 17.0 Å². The Bertz CT molecular complexity index is 1150. The fourth-order valence-electron chi connectivity index (χ4n) is 4.02. The summed E-state index contributed by atoms with van der Waals surface area (Å²) in [5.41, 5.74) is 2.43. The fraction of sp³-hybridized carbons (Fsp3) is 0.333. The van der Waals surface area contributed by atoms with Crippen molar-refractivity contribution in [3.63, 3.8) is 0 Å². The first-order valence-electron chi connectivity index (χ1n) is 9.96. The lowest BCUT2D eigenvalue weighted by molar-refractivity contribution is -0.121. The van der Waals surface area contributed by atoms with Crippen LogP contribution in [-0.2, 0) is 9.53 Å². The molecule has 1 fully saturated rings. The third-order valence-electron chi connectivity index (χ3n) is 5.83. The first kappa shape index (κ1) is 19.3. The third kappa shape index (κ3) is 3.15. The molecule has 160 valence electrons. The van der Waals surface area contributed by atoms with Gasteiger partial charge in [-0.05, 0) is 19.1 Å². The summed E-state index contributed by atoms with van der Waals surface area (Å²) < 4.78 is 13.0. The summed E-state index contributed by atoms with van der Waals surface area (Å²) in [5.74, 6) is 1.68. The lowest BCUT2D eigenvalue weighted by Gasteiger charge is -2.41. The highest BCUT2D eigenvalue weighted by molar-refractivity contribution is 6.06. The van der Waals surface area contributed by atoms with Crippen LogP contribution in [0.15, 0.2) is 36.9 Å². The van der Waals surface area contributed by atoms with Crippen LogP contribution in [0.4, 0.5) is 23.1 Å². The van der Waals surface area contributed by atoms with Gasteiger partial charge in [0.05, 0.1) is 37.6 Å². The topological polar surface area (TPSA) is 106 Å². The average Bonchev–Trinajstić information content (AvgIpc) is 3.43. The van der Waals surface area contributed by atoms with Gasteiger partial charge in [0.15, 0.2) is 5.82 Å². The van der Waals surface area contributed by atoms with E-state index in [9.17, 15) is 4.79 Å². The van der Waals surface area contributed by atoms with Crippen LogP contribution in [0.1, 0.15) is 12.1 Å². The number of methoxy groups -OCH3 is 1. The first-order chi connectivity index (χ1) is 15.0. The quantitative estimate of drug-likeness (QED) is 0.661. The van der Waals surface area contributed by atoms with Crippen molar-refractivity contribution in [2.45, 2.75) is 18.9 Å². The zero-order valence-electron chi connectivity index (χ0n) is 17.5. The van der Waals surface area contributed by atoms with Crippen LogP contribution in [0.5, 0.6) is 5.75 Å². The Labute approximate surface area is 179 Å². The van der Waals surface area contributed by atoms with E-state index in [4.69, 9.17) is 9.47 Å². The first-order valence-corrected chi connectivity index (χ1v) is 9.96. The number of anilines is 4. The maximum Gasteiger partial charge on any atom is 0.252 e. The van der Waals surface area contributed by atoms with E-state index < -0.39 is 5.54 Å². The molecule has 5 rings (SSSR count). The number of rotatable bonds is 4. The molecule has 1 atom stereocenters. The molecule has 1 aromatic carbocycles. The summed E-state index contributed by atoms with van der Waals surface area (Å²) in [6.45, 7) is 2.83. The maximum atomic E-state index is 12.7. The third-order valence-corrected chi connectivity index (χ3v) is 5.83. The van der Waals surface area contributed by atoms with Crippen molar-refractivity contribution >= 4 is 29.0 Å². The van der Waals surface area contributed by atoms with Gasteiger partial charge < -0.3 is 29.6 Å². The number of fused-ring (bicyclic) bond motifs is 1. The number of likely N-dealkylation sites (N-methyl/N-ethyl adjacent to an activating group) is 1. The minimum Gasteiger partial charge on any atom is -0.494 e. The second-order valence-electron chi connectivity index (χ2n) is 7.71. The normalized spacial score (nSPS) is 20.0. The molecule has 2 aliphatic heterocycles. The number of nitrogens with one attached hydrogen (secondary N) is 2. The van der Waals surface area contributed by atoms with Gasteiger partial charge >= 0.3 is 0 Å². The van der Waals surface area contributed by atoms with Crippen molar-refractivity contribution in [3.8, 4) is 11.4 Å². The summed E-state index contributed by atoms with van der Waals surface area (Å²) in [6.07, 6.45) is 5.92. The molecular weight excluding hydrogens is 398 g/mol. The van der Waals surface area contributed by atoms with Crippen LogP contribution in [0.25, 0.3) is 5.69 Å². The van der Waals surface area contributed by atoms with Crippen LogP contribution >= 0.6 is 0 Å². The molecule has 0 saturated carbocycles. The van der Waals surface area contributed by atoms with Crippen molar-refractivity contribution in [3.05, 3.63) is 42.6 Å². The molecule has 4 heterocycles. The molecule has 0 radical (unpaired) electrons. The highest BCUT2D eigenvalue weighted by Crippen LogP contribution is 2.39. The van der Waals surface area contributed by atoms with Crippen molar-refractivity contribution in [1.29, 1.82) is 0 Å². The molecule has 0 aliphatic carbocycles. The molecule has 0 unspecified atom stereocenters. The Morgan fingerprint density at radius 1 is 1.32 bits per heavy atom. The fourth-order valence-corrected chi connectivity index (χ4v) is 4.02. The molecule has 1 amide bonds. The number of carbonyl (C=O) groups excluding carboxylic acids is 1. The summed E-state index contributed by atoms with van der Waals surface area (Å²) in [5, 5.41) is 6.14. The van der Waals surface area contributed by atoms with E-state index in [1.807, 2.05) is 47.8 Å². The van der Waals surface area contributed by atoms with Crippen LogP contribution in [0.2, 0.25) is 0 Å². The van der Waals surface area contributed by atoms with Gasteiger partial charge in [0, 0.05) is 38.0 Å². The number of nitrogens with zero attached hydrogens (tertiary/aromatic N) is 5. The van der Waals surface area contributed by atoms with Crippen molar-refractivity contribution in [2.75, 3.05) is 42.9 Å². The Kier molecular flexibility index (Phi) is 4.51. The van der Waals surface area contributed by atoms with Gasteiger partial charge in [-0.15, -0.1) is 0 Å². The highest BCUT2D eigenvalue weighted by Gasteiger charge is 2.50. The van der Waals surface area contributed by atoms with Crippen molar-refractivity contribution in [1.82, 2.24) is 19.5 Å². The van der Waals surface area contributed by atoms with Gasteiger partial charge in [-0.3, -0.25) is 4.79 Å². The van der Waals surface area contributed by atoms with Crippen molar-refractivity contribution < 1.29 is 14.3 Å². The SMILES string of the molecule is COc1cc(Nc2ncc3c(n2)N(C)[C@@]2(CCOC2)C(=O)N3)ccc1-n1cnc(C)c1. The van der Waals surface area contributed by atoms with Gasteiger partial charge in [0.25, 0.3) is 5.91 Å². The lowest BCUT2D eigenvalue weighted by Crippen LogP contribution is -2.59. The molecule has 0 bridgehead atoms. The van der Waals surface area contributed by atoms with E-state index in [-0.39, 0.29) is 5.91 Å². The maximum absolute atomic E-state index is 12.7. The van der Waals surface area contributed by atoms with E-state index in [1.165, 1.54) is 0 Å². The van der Waals surface area contributed by atoms with E-state index in [2.05, 4.69) is 25.6 Å². The second kappa shape index (κ2) is 7.24. The van der Waals surface area contributed by atoms with Gasteiger partial charge in [0.2, 0.25) is 5.95 Å². The molecule has 2 N–H and O–H groups in total. The smallest absolute Gasteiger partial charge is 0.252 e. The summed E-state index contributed by atoms with van der Waals surface area (Å²) in [7, 11) is 3.50. The molecule has 1 saturated heterocycles. The molecule has 31 heavy (non-hydrogen) atoms. The van der Waals surface area contributed by atoms with Gasteiger partial charge in [-0.1, -0.05) is 0 Å². The predicted octanol–water partition coefficient (Wildman–Crippen LogP) is 2.27. The number of imidazole rings is 1. The highest BCUT2D eigenvalue weighted by atomic mass is 16.5.